The van der Waals surface area contributed by atoms with Crippen molar-refractivity contribution in [3.8, 4) is 28.4 Å². The largest absolute Gasteiger partial charge is 0.508 e. The first-order chi connectivity index (χ1) is 8.52. The van der Waals surface area contributed by atoms with Crippen LogP contribution in [-0.4, -0.2) is 17.3 Å². The zero-order valence-corrected chi connectivity index (χ0v) is 10.7. The van der Waals surface area contributed by atoms with Crippen LogP contribution in [0.1, 0.15) is 11.1 Å². The smallest absolute Gasteiger partial charge is 0.127 e. The van der Waals surface area contributed by atoms with Gasteiger partial charge in [-0.25, -0.2) is 0 Å². The Morgan fingerprint density at radius 2 is 1.72 bits per heavy atom. The van der Waals surface area contributed by atoms with Gasteiger partial charge >= 0.3 is 0 Å². The third-order valence-corrected chi connectivity index (χ3v) is 2.92. The van der Waals surface area contributed by atoms with Crippen LogP contribution < -0.4 is 4.74 Å². The molecule has 94 valence electrons. The van der Waals surface area contributed by atoms with Crippen LogP contribution in [0.4, 0.5) is 0 Å². The van der Waals surface area contributed by atoms with Crippen molar-refractivity contribution in [3.63, 3.8) is 0 Å². The molecule has 0 aliphatic rings. The fourth-order valence-electron chi connectivity index (χ4n) is 2.12. The van der Waals surface area contributed by atoms with E-state index in [1.165, 1.54) is 6.07 Å². The van der Waals surface area contributed by atoms with Crippen LogP contribution in [0.25, 0.3) is 11.1 Å². The van der Waals surface area contributed by atoms with E-state index < -0.39 is 0 Å². The highest BCUT2D eigenvalue weighted by Gasteiger charge is 2.14. The third-order valence-electron chi connectivity index (χ3n) is 2.92. The average Bonchev–Trinajstić information content (AvgIpc) is 2.28. The van der Waals surface area contributed by atoms with Gasteiger partial charge in [-0.1, -0.05) is 11.6 Å². The number of phenols is 2. The van der Waals surface area contributed by atoms with Crippen LogP contribution in [0.2, 0.25) is 0 Å². The Balaban J connectivity index is 2.72. The quantitative estimate of drug-likeness (QED) is 0.851. The van der Waals surface area contributed by atoms with E-state index in [4.69, 9.17) is 4.74 Å². The van der Waals surface area contributed by atoms with Gasteiger partial charge < -0.3 is 14.9 Å². The molecule has 0 bridgehead atoms. The number of ether oxygens (including phenoxy) is 1. The van der Waals surface area contributed by atoms with Crippen LogP contribution in [-0.2, 0) is 0 Å². The van der Waals surface area contributed by atoms with Crippen LogP contribution in [0.5, 0.6) is 17.2 Å². The molecular weight excluding hydrogens is 228 g/mol. The maximum atomic E-state index is 10.0. The van der Waals surface area contributed by atoms with Gasteiger partial charge in [-0.15, -0.1) is 0 Å². The van der Waals surface area contributed by atoms with Crippen LogP contribution in [0.15, 0.2) is 30.3 Å². The number of methoxy groups -OCH3 is 1. The number of aryl methyl sites for hydroxylation is 2. The van der Waals surface area contributed by atoms with E-state index in [2.05, 4.69) is 0 Å². The molecule has 0 unspecified atom stereocenters. The predicted molar refractivity (Wildman–Crippen MR) is 71.2 cm³/mol. The van der Waals surface area contributed by atoms with Crippen molar-refractivity contribution in [1.82, 2.24) is 0 Å². The van der Waals surface area contributed by atoms with E-state index >= 15 is 0 Å². The van der Waals surface area contributed by atoms with E-state index in [0.717, 1.165) is 16.7 Å². The van der Waals surface area contributed by atoms with Crippen molar-refractivity contribution < 1.29 is 14.9 Å². The SMILES string of the molecule is COc1ccc(C)cc1-c1c(C)cc(O)cc1O. The summed E-state index contributed by atoms with van der Waals surface area (Å²) in [6.45, 7) is 3.83. The molecule has 0 aromatic heterocycles. The van der Waals surface area contributed by atoms with E-state index in [9.17, 15) is 10.2 Å². The number of benzene rings is 2. The number of rotatable bonds is 2. The molecule has 0 radical (unpaired) electrons. The second-order valence-corrected chi connectivity index (χ2v) is 4.36. The van der Waals surface area contributed by atoms with Crippen molar-refractivity contribution in [2.24, 2.45) is 0 Å². The minimum atomic E-state index is 0.0522. The van der Waals surface area contributed by atoms with Crippen molar-refractivity contribution in [2.45, 2.75) is 13.8 Å². The molecule has 0 saturated carbocycles. The minimum absolute atomic E-state index is 0.0522. The van der Waals surface area contributed by atoms with Crippen molar-refractivity contribution in [3.05, 3.63) is 41.5 Å². The van der Waals surface area contributed by atoms with Gasteiger partial charge in [-0.2, -0.15) is 0 Å². The van der Waals surface area contributed by atoms with Crippen LogP contribution in [0, 0.1) is 13.8 Å². The highest BCUT2D eigenvalue weighted by atomic mass is 16.5. The summed E-state index contributed by atoms with van der Waals surface area (Å²) in [4.78, 5) is 0. The normalized spacial score (nSPS) is 10.4. The number of aromatic hydroxyl groups is 2. The summed E-state index contributed by atoms with van der Waals surface area (Å²) in [6, 6.07) is 8.74. The first kappa shape index (κ1) is 12.3. The molecule has 2 rings (SSSR count). The van der Waals surface area contributed by atoms with Gasteiger partial charge in [-0.05, 0) is 37.6 Å². The van der Waals surface area contributed by atoms with Crippen LogP contribution >= 0.6 is 0 Å². The molecule has 0 fully saturated rings. The van der Waals surface area contributed by atoms with Gasteiger partial charge in [0.05, 0.1) is 7.11 Å². The summed E-state index contributed by atoms with van der Waals surface area (Å²) < 4.78 is 5.32. The lowest BCUT2D eigenvalue weighted by molar-refractivity contribution is 0.415. The summed E-state index contributed by atoms with van der Waals surface area (Å²) in [5.74, 6) is 0.807. The highest BCUT2D eigenvalue weighted by molar-refractivity contribution is 5.79. The van der Waals surface area contributed by atoms with E-state index in [0.29, 0.717) is 11.3 Å². The maximum Gasteiger partial charge on any atom is 0.127 e. The number of hydrogen-bond donors (Lipinski definition) is 2. The van der Waals surface area contributed by atoms with E-state index in [-0.39, 0.29) is 11.5 Å². The fourth-order valence-corrected chi connectivity index (χ4v) is 2.12. The lowest BCUT2D eigenvalue weighted by Crippen LogP contribution is -1.91. The Labute approximate surface area is 106 Å². The lowest BCUT2D eigenvalue weighted by Gasteiger charge is -2.14. The third kappa shape index (κ3) is 2.12. The zero-order valence-electron chi connectivity index (χ0n) is 10.7. The molecule has 18 heavy (non-hydrogen) atoms. The molecule has 0 atom stereocenters. The molecular formula is C15H16O3. The minimum Gasteiger partial charge on any atom is -0.508 e. The zero-order chi connectivity index (χ0) is 13.3. The Bertz CT molecular complexity index is 565. The number of hydrogen-bond acceptors (Lipinski definition) is 3. The predicted octanol–water partition coefficient (Wildman–Crippen LogP) is 3.39. The average molecular weight is 244 g/mol. The van der Waals surface area contributed by atoms with Gasteiger partial charge in [-0.3, -0.25) is 0 Å². The maximum absolute atomic E-state index is 10.0. The van der Waals surface area contributed by atoms with Gasteiger partial charge in [0, 0.05) is 17.2 Å². The molecule has 2 N–H and O–H groups in total. The molecule has 0 amide bonds. The van der Waals surface area contributed by atoms with Gasteiger partial charge in [0.1, 0.15) is 17.2 Å². The molecule has 2 aromatic carbocycles. The van der Waals surface area contributed by atoms with Crippen molar-refractivity contribution in [1.29, 1.82) is 0 Å². The highest BCUT2D eigenvalue weighted by Crippen LogP contribution is 2.40. The Morgan fingerprint density at radius 3 is 2.33 bits per heavy atom. The molecule has 3 heteroatoms. The second-order valence-electron chi connectivity index (χ2n) is 4.36. The Kier molecular flexibility index (Phi) is 3.15. The monoisotopic (exact) mass is 244 g/mol. The van der Waals surface area contributed by atoms with E-state index in [1.807, 2.05) is 32.0 Å². The molecule has 0 aliphatic heterocycles. The summed E-state index contributed by atoms with van der Waals surface area (Å²) in [7, 11) is 1.60. The van der Waals surface area contributed by atoms with Gasteiger partial charge in [0.2, 0.25) is 0 Å². The lowest BCUT2D eigenvalue weighted by atomic mass is 9.97. The van der Waals surface area contributed by atoms with E-state index in [1.54, 1.807) is 13.2 Å². The molecule has 0 spiro atoms. The Morgan fingerprint density at radius 1 is 1.00 bits per heavy atom. The summed E-state index contributed by atoms with van der Waals surface area (Å²) in [6.07, 6.45) is 0. The number of phenolic OH excluding ortho intramolecular Hbond substituents is 2. The molecule has 3 nitrogen and oxygen atoms in total. The van der Waals surface area contributed by atoms with Crippen molar-refractivity contribution in [2.75, 3.05) is 7.11 Å². The molecule has 0 saturated heterocycles. The van der Waals surface area contributed by atoms with Gasteiger partial charge in [0.25, 0.3) is 0 Å². The summed E-state index contributed by atoms with van der Waals surface area (Å²) in [5.41, 5.74) is 3.40. The molecule has 2 aromatic rings. The first-order valence-corrected chi connectivity index (χ1v) is 5.70. The first-order valence-electron chi connectivity index (χ1n) is 5.70. The standard InChI is InChI=1S/C15H16O3/c1-9-4-5-14(18-3)12(6-9)15-10(2)7-11(16)8-13(15)17/h4-8,16-17H,1-3H3. The van der Waals surface area contributed by atoms with Crippen LogP contribution in [0.3, 0.4) is 0 Å². The fraction of sp³-hybridized carbons (Fsp3) is 0.200. The second kappa shape index (κ2) is 4.61. The summed E-state index contributed by atoms with van der Waals surface area (Å²) >= 11 is 0. The van der Waals surface area contributed by atoms with Gasteiger partial charge in [0.15, 0.2) is 0 Å². The summed E-state index contributed by atoms with van der Waals surface area (Å²) in [5, 5.41) is 19.5. The topological polar surface area (TPSA) is 49.7 Å². The Hall–Kier alpha value is -2.16. The molecule has 0 aliphatic carbocycles. The molecule has 0 heterocycles. The van der Waals surface area contributed by atoms with Crippen molar-refractivity contribution >= 4 is 0 Å².